The van der Waals surface area contributed by atoms with Crippen molar-refractivity contribution in [2.75, 3.05) is 45.8 Å². The molecule has 20 heavy (non-hydrogen) atoms. The fourth-order valence-corrected chi connectivity index (χ4v) is 4.49. The average molecular weight is 325 g/mol. The summed E-state index contributed by atoms with van der Waals surface area (Å²) >= 11 is 0. The van der Waals surface area contributed by atoms with Crippen molar-refractivity contribution in [1.29, 1.82) is 0 Å². The van der Waals surface area contributed by atoms with Gasteiger partial charge in [0.15, 0.2) is 0 Å². The van der Waals surface area contributed by atoms with Crippen LogP contribution >= 0.6 is 12.4 Å². The Morgan fingerprint density at radius 1 is 1.25 bits per heavy atom. The molecule has 3 heterocycles. The standard InChI is InChI=1S/C12H24N4O2S.ClH/c13-19(17,18)16-5-2-12(3-6-16)9-15(10-12)8-11-1-4-14-7-11;/h11,14H,1-10H2,(H2,13,17,18);1H/t11-;/m1./s1. The van der Waals surface area contributed by atoms with Crippen molar-refractivity contribution in [3.63, 3.8) is 0 Å². The van der Waals surface area contributed by atoms with Crippen LogP contribution in [0.1, 0.15) is 19.3 Å². The summed E-state index contributed by atoms with van der Waals surface area (Å²) in [5.41, 5.74) is 0.368. The largest absolute Gasteiger partial charge is 0.316 e. The van der Waals surface area contributed by atoms with Crippen molar-refractivity contribution in [3.8, 4) is 0 Å². The van der Waals surface area contributed by atoms with Crippen LogP contribution in [0.4, 0.5) is 0 Å². The molecule has 3 fully saturated rings. The molecule has 0 amide bonds. The summed E-state index contributed by atoms with van der Waals surface area (Å²) in [5, 5.41) is 8.58. The molecule has 3 saturated heterocycles. The molecule has 0 aromatic heterocycles. The molecule has 3 rings (SSSR count). The van der Waals surface area contributed by atoms with Gasteiger partial charge in [0.25, 0.3) is 10.2 Å². The van der Waals surface area contributed by atoms with Crippen molar-refractivity contribution in [3.05, 3.63) is 0 Å². The second-order valence-corrected chi connectivity index (χ2v) is 8.02. The van der Waals surface area contributed by atoms with Crippen LogP contribution in [0.5, 0.6) is 0 Å². The summed E-state index contributed by atoms with van der Waals surface area (Å²) in [6.07, 6.45) is 3.22. The van der Waals surface area contributed by atoms with Crippen molar-refractivity contribution in [2.45, 2.75) is 19.3 Å². The lowest BCUT2D eigenvalue weighted by atomic mass is 9.72. The Hall–Kier alpha value is 0.0800. The van der Waals surface area contributed by atoms with E-state index in [1.54, 1.807) is 0 Å². The molecule has 0 radical (unpaired) electrons. The third kappa shape index (κ3) is 3.45. The molecule has 0 aromatic rings. The number of nitrogens with zero attached hydrogens (tertiary/aromatic N) is 2. The molecule has 0 saturated carbocycles. The monoisotopic (exact) mass is 324 g/mol. The highest BCUT2D eigenvalue weighted by Crippen LogP contribution is 2.41. The zero-order valence-corrected chi connectivity index (χ0v) is 13.4. The van der Waals surface area contributed by atoms with Gasteiger partial charge in [-0.2, -0.15) is 12.7 Å². The van der Waals surface area contributed by atoms with Crippen LogP contribution in [0, 0.1) is 11.3 Å². The van der Waals surface area contributed by atoms with Gasteiger partial charge < -0.3 is 10.2 Å². The lowest BCUT2D eigenvalue weighted by Crippen LogP contribution is -2.61. The lowest BCUT2D eigenvalue weighted by Gasteiger charge is -2.54. The maximum atomic E-state index is 11.3. The second-order valence-electron chi connectivity index (χ2n) is 6.47. The summed E-state index contributed by atoms with van der Waals surface area (Å²) < 4.78 is 24.0. The molecule has 0 aliphatic carbocycles. The van der Waals surface area contributed by atoms with Crippen LogP contribution in [0.15, 0.2) is 0 Å². The van der Waals surface area contributed by atoms with Crippen molar-refractivity contribution < 1.29 is 8.42 Å². The SMILES string of the molecule is Cl.NS(=O)(=O)N1CCC2(CC1)CN(C[C@@H]1CCNC1)C2. The Kier molecular flexibility index (Phi) is 4.98. The van der Waals surface area contributed by atoms with Crippen molar-refractivity contribution in [1.82, 2.24) is 14.5 Å². The van der Waals surface area contributed by atoms with Crippen LogP contribution < -0.4 is 10.5 Å². The molecule has 1 spiro atoms. The van der Waals surface area contributed by atoms with E-state index in [4.69, 9.17) is 5.14 Å². The van der Waals surface area contributed by atoms with E-state index in [0.29, 0.717) is 18.5 Å². The average Bonchev–Trinajstić information content (AvgIpc) is 2.79. The summed E-state index contributed by atoms with van der Waals surface area (Å²) in [6.45, 7) is 6.99. The predicted molar refractivity (Wildman–Crippen MR) is 81.0 cm³/mol. The first-order chi connectivity index (χ1) is 8.97. The highest BCUT2D eigenvalue weighted by molar-refractivity contribution is 7.86. The highest BCUT2D eigenvalue weighted by atomic mass is 35.5. The molecule has 118 valence electrons. The fraction of sp³-hybridized carbons (Fsp3) is 1.00. The van der Waals surface area contributed by atoms with E-state index in [9.17, 15) is 8.42 Å². The van der Waals surface area contributed by atoms with Crippen LogP contribution in [0.25, 0.3) is 0 Å². The van der Waals surface area contributed by atoms with Gasteiger partial charge in [0.1, 0.15) is 0 Å². The summed E-state index contributed by atoms with van der Waals surface area (Å²) in [4.78, 5) is 2.53. The molecule has 8 heteroatoms. The number of halogens is 1. The quantitative estimate of drug-likeness (QED) is 0.742. The number of hydrogen-bond donors (Lipinski definition) is 2. The van der Waals surface area contributed by atoms with Gasteiger partial charge in [-0.05, 0) is 43.7 Å². The normalized spacial score (nSPS) is 30.9. The topological polar surface area (TPSA) is 78.7 Å². The van der Waals surface area contributed by atoms with E-state index in [1.807, 2.05) is 0 Å². The minimum atomic E-state index is -3.48. The van der Waals surface area contributed by atoms with E-state index in [2.05, 4.69) is 10.2 Å². The van der Waals surface area contributed by atoms with Gasteiger partial charge >= 0.3 is 0 Å². The maximum Gasteiger partial charge on any atom is 0.276 e. The lowest BCUT2D eigenvalue weighted by molar-refractivity contribution is -0.0408. The van der Waals surface area contributed by atoms with E-state index >= 15 is 0 Å². The van der Waals surface area contributed by atoms with Gasteiger partial charge in [0.05, 0.1) is 0 Å². The van der Waals surface area contributed by atoms with Gasteiger partial charge in [-0.3, -0.25) is 0 Å². The third-order valence-corrected chi connectivity index (χ3v) is 6.02. The first kappa shape index (κ1) is 16.5. The zero-order valence-electron chi connectivity index (χ0n) is 11.8. The second kappa shape index (κ2) is 6.06. The number of likely N-dealkylation sites (tertiary alicyclic amines) is 1. The summed E-state index contributed by atoms with van der Waals surface area (Å²) in [5.74, 6) is 0.807. The summed E-state index contributed by atoms with van der Waals surface area (Å²) in [6, 6.07) is 0. The van der Waals surface area contributed by atoms with Gasteiger partial charge in [-0.25, -0.2) is 5.14 Å². The molecule has 0 bridgehead atoms. The summed E-state index contributed by atoms with van der Waals surface area (Å²) in [7, 11) is -3.48. The molecule has 6 nitrogen and oxygen atoms in total. The number of piperidine rings is 1. The maximum absolute atomic E-state index is 11.3. The molecule has 0 aromatic carbocycles. The highest BCUT2D eigenvalue weighted by Gasteiger charge is 2.46. The van der Waals surface area contributed by atoms with Crippen molar-refractivity contribution >= 4 is 22.6 Å². The molecule has 1 atom stereocenters. The number of rotatable bonds is 3. The van der Waals surface area contributed by atoms with Gasteiger partial charge in [-0.1, -0.05) is 0 Å². The molecule has 3 aliphatic rings. The molecular weight excluding hydrogens is 300 g/mol. The van der Waals surface area contributed by atoms with Gasteiger partial charge in [-0.15, -0.1) is 12.4 Å². The van der Waals surface area contributed by atoms with E-state index in [1.165, 1.54) is 17.3 Å². The number of hydrogen-bond acceptors (Lipinski definition) is 4. The van der Waals surface area contributed by atoms with Crippen molar-refractivity contribution in [2.24, 2.45) is 16.5 Å². The fourth-order valence-electron chi connectivity index (χ4n) is 3.80. The third-order valence-electron chi connectivity index (χ3n) is 4.94. The minimum Gasteiger partial charge on any atom is -0.316 e. The first-order valence-electron chi connectivity index (χ1n) is 7.18. The Bertz CT molecular complexity index is 423. The van der Waals surface area contributed by atoms with Crippen LogP contribution in [-0.2, 0) is 10.2 Å². The zero-order chi connectivity index (χ0) is 13.5. The van der Waals surface area contributed by atoms with E-state index in [-0.39, 0.29) is 12.4 Å². The number of nitrogens with two attached hydrogens (primary N) is 1. The smallest absolute Gasteiger partial charge is 0.276 e. The molecule has 0 unspecified atom stereocenters. The number of nitrogens with one attached hydrogen (secondary N) is 1. The van der Waals surface area contributed by atoms with E-state index < -0.39 is 10.2 Å². The van der Waals surface area contributed by atoms with Crippen LogP contribution in [-0.4, -0.2) is 63.4 Å². The molecular formula is C12H25ClN4O2S. The Morgan fingerprint density at radius 3 is 2.40 bits per heavy atom. The first-order valence-corrected chi connectivity index (χ1v) is 8.68. The Labute approximate surface area is 127 Å². The van der Waals surface area contributed by atoms with Gasteiger partial charge in [0, 0.05) is 32.7 Å². The molecule has 3 aliphatic heterocycles. The predicted octanol–water partition coefficient (Wildman–Crippen LogP) is -0.381. The van der Waals surface area contributed by atoms with E-state index in [0.717, 1.165) is 44.9 Å². The molecule has 3 N–H and O–H groups in total. The Balaban J connectivity index is 0.00000147. The van der Waals surface area contributed by atoms with Crippen LogP contribution in [0.2, 0.25) is 0 Å². The minimum absolute atomic E-state index is 0. The van der Waals surface area contributed by atoms with Gasteiger partial charge in [0.2, 0.25) is 0 Å². The Morgan fingerprint density at radius 2 is 1.90 bits per heavy atom. The van der Waals surface area contributed by atoms with Crippen LogP contribution in [0.3, 0.4) is 0 Å².